The lowest BCUT2D eigenvalue weighted by Crippen LogP contribution is -2.26. The van der Waals surface area contributed by atoms with Crippen LogP contribution in [0.25, 0.3) is 0 Å². The maximum absolute atomic E-state index is 12.4. The van der Waals surface area contributed by atoms with E-state index in [-0.39, 0.29) is 10.8 Å². The average molecular weight is 390 g/mol. The molecule has 0 aliphatic heterocycles. The molecule has 0 spiro atoms. The van der Waals surface area contributed by atoms with Gasteiger partial charge >= 0.3 is 0 Å². The molecule has 1 N–H and O–H groups in total. The number of carbonyl (C=O) groups is 1. The van der Waals surface area contributed by atoms with Crippen molar-refractivity contribution >= 4 is 21.6 Å². The first-order chi connectivity index (χ1) is 12.7. The van der Waals surface area contributed by atoms with Crippen molar-refractivity contribution in [3.8, 4) is 0 Å². The molecule has 0 saturated heterocycles. The van der Waals surface area contributed by atoms with Gasteiger partial charge in [-0.15, -0.1) is 0 Å². The molecule has 0 aromatic heterocycles. The second kappa shape index (κ2) is 9.01. The molecule has 0 radical (unpaired) electrons. The second-order valence-corrected chi connectivity index (χ2v) is 8.55. The van der Waals surface area contributed by atoms with E-state index in [1.807, 2.05) is 43.3 Å². The summed E-state index contributed by atoms with van der Waals surface area (Å²) in [6.45, 7) is 0.561. The van der Waals surface area contributed by atoms with Gasteiger partial charge < -0.3 is 9.80 Å². The predicted molar refractivity (Wildman–Crippen MR) is 108 cm³/mol. The summed E-state index contributed by atoms with van der Waals surface area (Å²) in [4.78, 5) is 16.3. The first kappa shape index (κ1) is 20.9. The minimum atomic E-state index is -3.43. The van der Waals surface area contributed by atoms with E-state index in [2.05, 4.69) is 4.72 Å². The maximum atomic E-state index is 12.4. The van der Waals surface area contributed by atoms with Crippen LogP contribution >= 0.6 is 0 Å². The van der Waals surface area contributed by atoms with E-state index < -0.39 is 10.0 Å². The number of hydrogen-bond acceptors (Lipinski definition) is 4. The van der Waals surface area contributed by atoms with Crippen molar-refractivity contribution in [1.82, 2.24) is 9.62 Å². The van der Waals surface area contributed by atoms with Crippen LogP contribution in [0.3, 0.4) is 0 Å². The van der Waals surface area contributed by atoms with Crippen LogP contribution in [0.4, 0.5) is 5.69 Å². The first-order valence-electron chi connectivity index (χ1n) is 8.75. The van der Waals surface area contributed by atoms with E-state index in [0.717, 1.165) is 16.8 Å². The monoisotopic (exact) mass is 389 g/mol. The van der Waals surface area contributed by atoms with Crippen molar-refractivity contribution in [3.63, 3.8) is 0 Å². The van der Waals surface area contributed by atoms with Gasteiger partial charge in [0.25, 0.3) is 0 Å². The van der Waals surface area contributed by atoms with Crippen molar-refractivity contribution in [1.29, 1.82) is 0 Å². The maximum Gasteiger partial charge on any atom is 0.240 e. The van der Waals surface area contributed by atoms with Gasteiger partial charge in [-0.3, -0.25) is 4.79 Å². The number of sulfonamides is 1. The Bertz CT molecular complexity index is 860. The molecule has 146 valence electrons. The van der Waals surface area contributed by atoms with Crippen LogP contribution in [0.5, 0.6) is 0 Å². The fourth-order valence-corrected chi connectivity index (χ4v) is 3.39. The molecule has 2 aromatic carbocycles. The second-order valence-electron chi connectivity index (χ2n) is 6.66. The Labute approximate surface area is 161 Å². The molecule has 0 saturated carbocycles. The minimum absolute atomic E-state index is 0.0543. The molecule has 0 unspecified atom stereocenters. The van der Waals surface area contributed by atoms with Crippen LogP contribution in [0.1, 0.15) is 17.5 Å². The largest absolute Gasteiger partial charge is 0.378 e. The number of benzene rings is 2. The average Bonchev–Trinajstić information content (AvgIpc) is 2.66. The van der Waals surface area contributed by atoms with Gasteiger partial charge in [-0.1, -0.05) is 24.3 Å². The van der Waals surface area contributed by atoms with Crippen molar-refractivity contribution in [2.45, 2.75) is 24.3 Å². The van der Waals surface area contributed by atoms with Crippen molar-refractivity contribution in [2.75, 3.05) is 33.1 Å². The Morgan fingerprint density at radius 3 is 2.00 bits per heavy atom. The summed E-state index contributed by atoms with van der Waals surface area (Å²) in [7, 11) is 3.73. The van der Waals surface area contributed by atoms with Gasteiger partial charge in [0, 0.05) is 39.8 Å². The third-order valence-corrected chi connectivity index (χ3v) is 5.86. The molecule has 7 heteroatoms. The lowest BCUT2D eigenvalue weighted by atomic mass is 10.1. The molecule has 0 aliphatic carbocycles. The summed E-state index contributed by atoms with van der Waals surface area (Å²) >= 11 is 0. The van der Waals surface area contributed by atoms with Crippen molar-refractivity contribution in [2.24, 2.45) is 0 Å². The molecule has 2 rings (SSSR count). The van der Waals surface area contributed by atoms with Gasteiger partial charge in [0.2, 0.25) is 15.9 Å². The van der Waals surface area contributed by atoms with E-state index in [1.54, 1.807) is 36.2 Å². The molecule has 2 aromatic rings. The lowest BCUT2D eigenvalue weighted by Gasteiger charge is -2.18. The molecule has 0 fully saturated rings. The Hall–Kier alpha value is -2.38. The molecule has 0 aliphatic rings. The standard InChI is InChI=1S/C20H27N3O3S/c1-21-27(25,26)19-12-7-16(8-13-19)9-14-20(24)23(4)15-17-5-10-18(11-6-17)22(2)3/h5-8,10-13,21H,9,14-15H2,1-4H3. The molecular formula is C20H27N3O3S. The highest BCUT2D eigenvalue weighted by atomic mass is 32.2. The van der Waals surface area contributed by atoms with Crippen LogP contribution in [0.15, 0.2) is 53.4 Å². The van der Waals surface area contributed by atoms with Crippen molar-refractivity contribution < 1.29 is 13.2 Å². The van der Waals surface area contributed by atoms with Crippen LogP contribution < -0.4 is 9.62 Å². The fraction of sp³-hybridized carbons (Fsp3) is 0.350. The number of amides is 1. The zero-order valence-electron chi connectivity index (χ0n) is 16.3. The highest BCUT2D eigenvalue weighted by Crippen LogP contribution is 2.15. The number of aryl methyl sites for hydroxylation is 1. The van der Waals surface area contributed by atoms with Crippen LogP contribution in [-0.4, -0.2) is 47.4 Å². The summed E-state index contributed by atoms with van der Waals surface area (Å²) in [5, 5.41) is 0. The molecule has 6 nitrogen and oxygen atoms in total. The number of hydrogen-bond donors (Lipinski definition) is 1. The van der Waals surface area contributed by atoms with Gasteiger partial charge in [0.1, 0.15) is 0 Å². The zero-order chi connectivity index (χ0) is 20.0. The number of rotatable bonds is 8. The zero-order valence-corrected chi connectivity index (χ0v) is 17.1. The summed E-state index contributed by atoms with van der Waals surface area (Å²) < 4.78 is 25.7. The highest BCUT2D eigenvalue weighted by Gasteiger charge is 2.12. The van der Waals surface area contributed by atoms with E-state index in [4.69, 9.17) is 0 Å². The molecule has 0 atom stereocenters. The van der Waals surface area contributed by atoms with Gasteiger partial charge in [-0.05, 0) is 48.9 Å². The third-order valence-electron chi connectivity index (χ3n) is 4.43. The highest BCUT2D eigenvalue weighted by molar-refractivity contribution is 7.89. The fourth-order valence-electron chi connectivity index (χ4n) is 2.66. The quantitative estimate of drug-likeness (QED) is 0.752. The van der Waals surface area contributed by atoms with E-state index in [9.17, 15) is 13.2 Å². The molecule has 1 amide bonds. The third kappa shape index (κ3) is 5.80. The SMILES string of the molecule is CNS(=O)(=O)c1ccc(CCC(=O)N(C)Cc2ccc(N(C)C)cc2)cc1. The smallest absolute Gasteiger partial charge is 0.240 e. The van der Waals surface area contributed by atoms with E-state index >= 15 is 0 Å². The molecule has 0 heterocycles. The molecular weight excluding hydrogens is 362 g/mol. The Morgan fingerprint density at radius 2 is 1.48 bits per heavy atom. The normalized spacial score (nSPS) is 11.3. The Morgan fingerprint density at radius 1 is 0.926 bits per heavy atom. The number of carbonyl (C=O) groups excluding carboxylic acids is 1. The number of nitrogens with zero attached hydrogens (tertiary/aromatic N) is 2. The summed E-state index contributed by atoms with van der Waals surface area (Å²) in [5.41, 5.74) is 3.14. The minimum Gasteiger partial charge on any atom is -0.378 e. The lowest BCUT2D eigenvalue weighted by molar-refractivity contribution is -0.130. The van der Waals surface area contributed by atoms with Crippen molar-refractivity contribution in [3.05, 3.63) is 59.7 Å². The van der Waals surface area contributed by atoms with Gasteiger partial charge in [0.05, 0.1) is 4.90 Å². The van der Waals surface area contributed by atoms with Gasteiger partial charge in [0.15, 0.2) is 0 Å². The summed E-state index contributed by atoms with van der Waals surface area (Å²) in [5.74, 6) is 0.0543. The Kier molecular flexibility index (Phi) is 6.98. The summed E-state index contributed by atoms with van der Waals surface area (Å²) in [6.07, 6.45) is 0.951. The van der Waals surface area contributed by atoms with E-state index in [0.29, 0.717) is 19.4 Å². The number of anilines is 1. The first-order valence-corrected chi connectivity index (χ1v) is 10.2. The Balaban J connectivity index is 1.89. The van der Waals surface area contributed by atoms with E-state index in [1.165, 1.54) is 7.05 Å². The molecule has 27 heavy (non-hydrogen) atoms. The number of nitrogens with one attached hydrogen (secondary N) is 1. The van der Waals surface area contributed by atoms with Gasteiger partial charge in [-0.25, -0.2) is 13.1 Å². The van der Waals surface area contributed by atoms with Crippen LogP contribution in [0.2, 0.25) is 0 Å². The van der Waals surface area contributed by atoms with Gasteiger partial charge in [-0.2, -0.15) is 0 Å². The van der Waals surface area contributed by atoms with Crippen LogP contribution in [0, 0.1) is 0 Å². The topological polar surface area (TPSA) is 69.7 Å². The predicted octanol–water partition coefficient (Wildman–Crippen LogP) is 2.25. The molecule has 0 bridgehead atoms. The summed E-state index contributed by atoms with van der Waals surface area (Å²) in [6, 6.07) is 14.7. The van der Waals surface area contributed by atoms with Crippen LogP contribution in [-0.2, 0) is 27.8 Å².